The van der Waals surface area contributed by atoms with Crippen LogP contribution in [-0.2, 0) is 0 Å². The Morgan fingerprint density at radius 3 is 2.68 bits per heavy atom. The van der Waals surface area contributed by atoms with E-state index in [1.54, 1.807) is 23.2 Å². The van der Waals surface area contributed by atoms with Gasteiger partial charge in [0.25, 0.3) is 5.91 Å². The Kier molecular flexibility index (Phi) is 5.15. The van der Waals surface area contributed by atoms with Gasteiger partial charge >= 0.3 is 0 Å². The number of hydrogen-bond donors (Lipinski definition) is 0. The van der Waals surface area contributed by atoms with E-state index in [1.807, 2.05) is 45.9 Å². The molecule has 1 aromatic heterocycles. The second-order valence-corrected chi connectivity index (χ2v) is 5.13. The molecule has 0 unspecified atom stereocenters. The number of hydrogen-bond acceptors (Lipinski definition) is 3. The third kappa shape index (κ3) is 3.27. The second kappa shape index (κ2) is 7.07. The van der Waals surface area contributed by atoms with Crippen LogP contribution in [0.25, 0.3) is 0 Å². The summed E-state index contributed by atoms with van der Waals surface area (Å²) in [5.74, 6) is 0.298. The van der Waals surface area contributed by atoms with Crippen LogP contribution in [0.3, 0.4) is 0 Å². The summed E-state index contributed by atoms with van der Waals surface area (Å²) in [6, 6.07) is 9.63. The van der Waals surface area contributed by atoms with Gasteiger partial charge in [-0.15, -0.1) is 0 Å². The van der Waals surface area contributed by atoms with Crippen molar-refractivity contribution in [3.63, 3.8) is 0 Å². The lowest BCUT2D eigenvalue weighted by molar-refractivity contribution is 0.0983. The van der Waals surface area contributed by atoms with E-state index in [9.17, 15) is 4.79 Å². The summed E-state index contributed by atoms with van der Waals surface area (Å²) in [5, 5.41) is 0. The molecule has 1 amide bonds. The van der Waals surface area contributed by atoms with Crippen molar-refractivity contribution in [1.82, 2.24) is 4.98 Å². The molecular formula is C18H22N2O2. The molecule has 0 aliphatic rings. The van der Waals surface area contributed by atoms with E-state index in [-0.39, 0.29) is 5.91 Å². The fourth-order valence-corrected chi connectivity index (χ4v) is 2.38. The number of carbonyl (C=O) groups excluding carboxylic acids is 1. The van der Waals surface area contributed by atoms with E-state index >= 15 is 0 Å². The van der Waals surface area contributed by atoms with Gasteiger partial charge in [0.1, 0.15) is 5.56 Å². The zero-order valence-electron chi connectivity index (χ0n) is 13.6. The molecule has 0 bridgehead atoms. The Morgan fingerprint density at radius 2 is 2.00 bits per heavy atom. The van der Waals surface area contributed by atoms with Gasteiger partial charge in [0.05, 0.1) is 6.61 Å². The molecule has 116 valence electrons. The summed E-state index contributed by atoms with van der Waals surface area (Å²) >= 11 is 0. The topological polar surface area (TPSA) is 42.4 Å². The molecule has 0 aliphatic carbocycles. The number of aromatic nitrogens is 1. The van der Waals surface area contributed by atoms with Crippen LogP contribution >= 0.6 is 0 Å². The lowest BCUT2D eigenvalue weighted by Crippen LogP contribution is -2.31. The van der Waals surface area contributed by atoms with Gasteiger partial charge in [0.15, 0.2) is 0 Å². The molecule has 0 saturated heterocycles. The van der Waals surface area contributed by atoms with Gasteiger partial charge in [-0.2, -0.15) is 0 Å². The monoisotopic (exact) mass is 298 g/mol. The van der Waals surface area contributed by atoms with Crippen molar-refractivity contribution < 1.29 is 9.53 Å². The summed E-state index contributed by atoms with van der Waals surface area (Å²) < 4.78 is 5.48. The number of carbonyl (C=O) groups is 1. The molecule has 1 aromatic carbocycles. The minimum atomic E-state index is -0.0900. The number of rotatable bonds is 5. The normalized spacial score (nSPS) is 10.4. The van der Waals surface area contributed by atoms with Crippen LogP contribution in [0, 0.1) is 13.8 Å². The summed E-state index contributed by atoms with van der Waals surface area (Å²) in [5.41, 5.74) is 3.62. The first-order valence-corrected chi connectivity index (χ1v) is 7.55. The van der Waals surface area contributed by atoms with Crippen LogP contribution < -0.4 is 9.64 Å². The molecule has 4 nitrogen and oxygen atoms in total. The van der Waals surface area contributed by atoms with Gasteiger partial charge in [0.2, 0.25) is 5.88 Å². The molecule has 2 aromatic rings. The van der Waals surface area contributed by atoms with Crippen LogP contribution in [0.4, 0.5) is 5.69 Å². The van der Waals surface area contributed by atoms with Gasteiger partial charge < -0.3 is 9.64 Å². The van der Waals surface area contributed by atoms with Crippen molar-refractivity contribution in [1.29, 1.82) is 0 Å². The smallest absolute Gasteiger partial charge is 0.263 e. The average molecular weight is 298 g/mol. The van der Waals surface area contributed by atoms with Crippen molar-refractivity contribution in [2.24, 2.45) is 0 Å². The Hall–Kier alpha value is -2.36. The number of aryl methyl sites for hydroxylation is 2. The van der Waals surface area contributed by atoms with Gasteiger partial charge in [-0.25, -0.2) is 4.98 Å². The van der Waals surface area contributed by atoms with E-state index in [1.165, 1.54) is 0 Å². The SMILES string of the molecule is CCOc1ncccc1C(=O)N(CC)c1cc(C)ccc1C. The second-order valence-electron chi connectivity index (χ2n) is 5.13. The molecule has 0 spiro atoms. The maximum atomic E-state index is 12.9. The summed E-state index contributed by atoms with van der Waals surface area (Å²) in [6.07, 6.45) is 1.63. The van der Waals surface area contributed by atoms with Crippen LogP contribution in [-0.4, -0.2) is 24.0 Å². The zero-order valence-corrected chi connectivity index (χ0v) is 13.6. The third-order valence-electron chi connectivity index (χ3n) is 3.50. The molecule has 0 saturated carbocycles. The molecule has 0 atom stereocenters. The minimum absolute atomic E-state index is 0.0900. The van der Waals surface area contributed by atoms with Crippen molar-refractivity contribution in [3.05, 3.63) is 53.2 Å². The molecule has 22 heavy (non-hydrogen) atoms. The van der Waals surface area contributed by atoms with E-state index in [0.29, 0.717) is 24.6 Å². The molecule has 2 rings (SSSR count). The highest BCUT2D eigenvalue weighted by molar-refractivity contribution is 6.07. The highest BCUT2D eigenvalue weighted by atomic mass is 16.5. The van der Waals surface area contributed by atoms with Crippen molar-refractivity contribution in [2.75, 3.05) is 18.1 Å². The molecule has 0 aliphatic heterocycles. The maximum Gasteiger partial charge on any atom is 0.263 e. The molecular weight excluding hydrogens is 276 g/mol. The molecule has 0 N–H and O–H groups in total. The highest BCUT2D eigenvalue weighted by Gasteiger charge is 2.21. The van der Waals surface area contributed by atoms with Crippen molar-refractivity contribution >= 4 is 11.6 Å². The zero-order chi connectivity index (χ0) is 16.1. The lowest BCUT2D eigenvalue weighted by atomic mass is 10.1. The first kappa shape index (κ1) is 16.0. The highest BCUT2D eigenvalue weighted by Crippen LogP contribution is 2.25. The molecule has 4 heteroatoms. The Morgan fingerprint density at radius 1 is 1.23 bits per heavy atom. The first-order valence-electron chi connectivity index (χ1n) is 7.55. The largest absolute Gasteiger partial charge is 0.477 e. The van der Waals surface area contributed by atoms with Gasteiger partial charge in [-0.05, 0) is 57.0 Å². The number of benzene rings is 1. The number of anilines is 1. The molecule has 0 fully saturated rings. The van der Waals surface area contributed by atoms with Gasteiger partial charge in [-0.3, -0.25) is 4.79 Å². The van der Waals surface area contributed by atoms with Crippen LogP contribution in [0.1, 0.15) is 35.3 Å². The van der Waals surface area contributed by atoms with E-state index < -0.39 is 0 Å². The summed E-state index contributed by atoms with van der Waals surface area (Å²) in [4.78, 5) is 18.9. The first-order chi connectivity index (χ1) is 10.6. The summed E-state index contributed by atoms with van der Waals surface area (Å²) in [7, 11) is 0. The lowest BCUT2D eigenvalue weighted by Gasteiger charge is -2.24. The number of amides is 1. The predicted octanol–water partition coefficient (Wildman–Crippen LogP) is 3.76. The Balaban J connectivity index is 2.43. The fraction of sp³-hybridized carbons (Fsp3) is 0.333. The van der Waals surface area contributed by atoms with Crippen LogP contribution in [0.5, 0.6) is 5.88 Å². The molecule has 0 radical (unpaired) electrons. The van der Waals surface area contributed by atoms with E-state index in [0.717, 1.165) is 16.8 Å². The molecule has 1 heterocycles. The maximum absolute atomic E-state index is 12.9. The number of pyridine rings is 1. The average Bonchev–Trinajstić information content (AvgIpc) is 2.52. The number of ether oxygens (including phenoxy) is 1. The van der Waals surface area contributed by atoms with Crippen LogP contribution in [0.2, 0.25) is 0 Å². The van der Waals surface area contributed by atoms with E-state index in [2.05, 4.69) is 4.98 Å². The Bertz CT molecular complexity index is 668. The van der Waals surface area contributed by atoms with Gasteiger partial charge in [0, 0.05) is 18.4 Å². The van der Waals surface area contributed by atoms with Gasteiger partial charge in [-0.1, -0.05) is 12.1 Å². The van der Waals surface area contributed by atoms with Crippen LogP contribution in [0.15, 0.2) is 36.5 Å². The number of nitrogens with zero attached hydrogens (tertiary/aromatic N) is 2. The van der Waals surface area contributed by atoms with E-state index in [4.69, 9.17) is 4.74 Å². The van der Waals surface area contributed by atoms with Crippen molar-refractivity contribution in [3.8, 4) is 5.88 Å². The Labute approximate surface area is 131 Å². The third-order valence-corrected chi connectivity index (χ3v) is 3.50. The fourth-order valence-electron chi connectivity index (χ4n) is 2.38. The standard InChI is InChI=1S/C18H22N2O2/c1-5-20(16-12-13(3)9-10-14(16)4)18(21)15-8-7-11-19-17(15)22-6-2/h7-12H,5-6H2,1-4H3. The minimum Gasteiger partial charge on any atom is -0.477 e. The van der Waals surface area contributed by atoms with Crippen molar-refractivity contribution in [2.45, 2.75) is 27.7 Å². The predicted molar refractivity (Wildman–Crippen MR) is 88.7 cm³/mol. The quantitative estimate of drug-likeness (QED) is 0.844. The summed E-state index contributed by atoms with van der Waals surface area (Å²) in [6.45, 7) is 8.95.